The summed E-state index contributed by atoms with van der Waals surface area (Å²) in [5.41, 5.74) is 9.44. The van der Waals surface area contributed by atoms with Crippen LogP contribution < -0.4 is 16.1 Å². The van der Waals surface area contributed by atoms with Crippen molar-refractivity contribution in [3.63, 3.8) is 0 Å². The first-order chi connectivity index (χ1) is 10.7. The predicted octanol–water partition coefficient (Wildman–Crippen LogP) is 3.41. The number of carbonyl (C=O) groups is 1. The Morgan fingerprint density at radius 3 is 2.52 bits per heavy atom. The maximum absolute atomic E-state index is 12.2. The van der Waals surface area contributed by atoms with Crippen molar-refractivity contribution in [2.24, 2.45) is 5.10 Å². The lowest BCUT2D eigenvalue weighted by atomic mass is 10.2. The van der Waals surface area contributed by atoms with Crippen molar-refractivity contribution in [1.29, 1.82) is 0 Å². The van der Waals surface area contributed by atoms with Crippen LogP contribution in [-0.4, -0.2) is 11.6 Å². The van der Waals surface area contributed by atoms with E-state index in [4.69, 9.17) is 45.0 Å². The molecule has 4 N–H and O–H groups in total. The van der Waals surface area contributed by atoms with E-state index in [9.17, 15) is 4.79 Å². The first kappa shape index (κ1) is 17.6. The largest absolute Gasteiger partial charge is 0.466 e. The molecule has 0 aliphatic carbocycles. The topological polar surface area (TPSA) is 94.8 Å². The lowest BCUT2D eigenvalue weighted by Crippen LogP contribution is -2.29. The Kier molecular flexibility index (Phi) is 5.19. The Hall–Kier alpha value is -1.76. The van der Waals surface area contributed by atoms with Crippen molar-refractivity contribution < 1.29 is 14.2 Å². The number of hydrogen-bond donors (Lipinski definition) is 2. The fourth-order valence-corrected chi connectivity index (χ4v) is 2.58. The van der Waals surface area contributed by atoms with Gasteiger partial charge >= 0.3 is 5.91 Å². The number of aryl methyl sites for hydroxylation is 2. The summed E-state index contributed by atoms with van der Waals surface area (Å²) in [6.45, 7) is 5.38. The van der Waals surface area contributed by atoms with Gasteiger partial charge < -0.3 is 10.2 Å². The van der Waals surface area contributed by atoms with Gasteiger partial charge in [0.2, 0.25) is 0 Å². The monoisotopic (exact) mass is 375 g/mol. The number of aromatic nitrogens is 1. The highest BCUT2D eigenvalue weighted by atomic mass is 35.5. The summed E-state index contributed by atoms with van der Waals surface area (Å²) < 4.78 is 5.42. The first-order valence-corrected chi connectivity index (χ1v) is 7.63. The maximum Gasteiger partial charge on any atom is 0.337 e. The normalized spacial score (nSPS) is 11.7. The molecule has 0 radical (unpaired) electrons. The first-order valence-electron chi connectivity index (χ1n) is 6.49. The SMILES string of the molecule is C/C(=N/NC(=O)c1[nH+]c(Cl)c(Cl)c(N)c1Cl)c1cc(C)oc1C. The number of H-pyrrole nitrogens is 1. The molecule has 0 aromatic carbocycles. The van der Waals surface area contributed by atoms with Crippen molar-refractivity contribution in [2.45, 2.75) is 20.8 Å². The molecule has 9 heteroatoms. The summed E-state index contributed by atoms with van der Waals surface area (Å²) in [6, 6.07) is 1.83. The minimum absolute atomic E-state index is 0.0146. The fourth-order valence-electron chi connectivity index (χ4n) is 1.97. The lowest BCUT2D eigenvalue weighted by molar-refractivity contribution is -0.379. The van der Waals surface area contributed by atoms with Crippen molar-refractivity contribution in [3.8, 4) is 0 Å². The number of nitrogens with zero attached hydrogens (tertiary/aromatic N) is 1. The molecule has 0 saturated heterocycles. The summed E-state index contributed by atoms with van der Waals surface area (Å²) in [5, 5.41) is 4.07. The van der Waals surface area contributed by atoms with E-state index in [2.05, 4.69) is 15.5 Å². The summed E-state index contributed by atoms with van der Waals surface area (Å²) in [5.74, 6) is 0.867. The molecule has 0 aliphatic heterocycles. The molecular formula is C14H14Cl3N4O2+. The Bertz CT molecular complexity index is 815. The van der Waals surface area contributed by atoms with Crippen molar-refractivity contribution in [1.82, 2.24) is 5.43 Å². The molecule has 122 valence electrons. The standard InChI is InChI=1S/C14H13Cl3N4O2/c1-5-4-8(7(3)23-5)6(2)20-21-14(22)12-9(15)11(18)10(16)13(17)19-12/h4H,1-3H3,(H2,18,19)(H,21,22)/p+1/b20-6-. The third-order valence-electron chi connectivity index (χ3n) is 3.10. The third-order valence-corrected chi connectivity index (χ3v) is 4.27. The zero-order chi connectivity index (χ0) is 17.3. The van der Waals surface area contributed by atoms with Crippen LogP contribution in [0.4, 0.5) is 5.69 Å². The molecule has 6 nitrogen and oxygen atoms in total. The van der Waals surface area contributed by atoms with Crippen LogP contribution in [0.25, 0.3) is 0 Å². The fraction of sp³-hybridized carbons (Fsp3) is 0.214. The molecule has 0 aliphatic rings. The molecule has 2 rings (SSSR count). The minimum atomic E-state index is -0.600. The molecule has 0 fully saturated rings. The van der Waals surface area contributed by atoms with Crippen molar-refractivity contribution >= 4 is 52.1 Å². The Morgan fingerprint density at radius 2 is 1.96 bits per heavy atom. The van der Waals surface area contributed by atoms with Crippen LogP contribution in [0, 0.1) is 13.8 Å². The van der Waals surface area contributed by atoms with E-state index in [1.54, 1.807) is 6.92 Å². The quantitative estimate of drug-likeness (QED) is 0.488. The van der Waals surface area contributed by atoms with Gasteiger partial charge in [-0.2, -0.15) is 10.1 Å². The van der Waals surface area contributed by atoms with E-state index in [1.807, 2.05) is 19.9 Å². The molecule has 1 amide bonds. The number of hydrazone groups is 1. The van der Waals surface area contributed by atoms with Crippen LogP contribution in [0.1, 0.15) is 34.5 Å². The van der Waals surface area contributed by atoms with Gasteiger partial charge in [-0.3, -0.25) is 4.79 Å². The van der Waals surface area contributed by atoms with Crippen LogP contribution in [0.2, 0.25) is 15.2 Å². The number of nitrogen functional groups attached to an aromatic ring is 1. The number of rotatable bonds is 3. The van der Waals surface area contributed by atoms with Gasteiger partial charge in [-0.15, -0.1) is 0 Å². The molecule has 23 heavy (non-hydrogen) atoms. The van der Waals surface area contributed by atoms with Gasteiger partial charge in [0.25, 0.3) is 10.8 Å². The molecule has 0 saturated carbocycles. The molecule has 0 spiro atoms. The molecule has 0 unspecified atom stereocenters. The number of furan rings is 1. The highest BCUT2D eigenvalue weighted by Gasteiger charge is 2.26. The number of amides is 1. The van der Waals surface area contributed by atoms with Crippen LogP contribution in [-0.2, 0) is 0 Å². The zero-order valence-electron chi connectivity index (χ0n) is 12.6. The van der Waals surface area contributed by atoms with Crippen LogP contribution in [0.3, 0.4) is 0 Å². The maximum atomic E-state index is 12.2. The van der Waals surface area contributed by atoms with Gasteiger partial charge in [-0.05, 0) is 38.4 Å². The van der Waals surface area contributed by atoms with E-state index in [-0.39, 0.29) is 26.6 Å². The summed E-state index contributed by atoms with van der Waals surface area (Å²) in [7, 11) is 0. The van der Waals surface area contributed by atoms with Crippen LogP contribution in [0.5, 0.6) is 0 Å². The van der Waals surface area contributed by atoms with Gasteiger partial charge in [0.05, 0.1) is 11.4 Å². The Balaban J connectivity index is 2.26. The number of aromatic amines is 1. The number of carbonyl (C=O) groups excluding carboxylic acids is 1. The van der Waals surface area contributed by atoms with Gasteiger partial charge in [0.1, 0.15) is 21.6 Å². The second kappa shape index (κ2) is 6.78. The second-order valence-corrected chi connectivity index (χ2v) is 5.95. The average molecular weight is 377 g/mol. The molecule has 2 heterocycles. The predicted molar refractivity (Wildman–Crippen MR) is 90.3 cm³/mol. The summed E-state index contributed by atoms with van der Waals surface area (Å²) in [4.78, 5) is 14.8. The zero-order valence-corrected chi connectivity index (χ0v) is 14.8. The van der Waals surface area contributed by atoms with E-state index in [1.165, 1.54) is 0 Å². The van der Waals surface area contributed by atoms with E-state index in [0.29, 0.717) is 11.5 Å². The average Bonchev–Trinajstić information content (AvgIpc) is 2.84. The lowest BCUT2D eigenvalue weighted by Gasteiger charge is -2.03. The smallest absolute Gasteiger partial charge is 0.337 e. The highest BCUT2D eigenvalue weighted by Crippen LogP contribution is 2.31. The summed E-state index contributed by atoms with van der Waals surface area (Å²) in [6.07, 6.45) is 0. The number of nitrogens with one attached hydrogen (secondary N) is 2. The Labute approximate surface area is 147 Å². The van der Waals surface area contributed by atoms with Gasteiger partial charge in [0, 0.05) is 5.56 Å². The number of pyridine rings is 1. The van der Waals surface area contributed by atoms with Crippen LogP contribution >= 0.6 is 34.8 Å². The molecular weight excluding hydrogens is 363 g/mol. The van der Waals surface area contributed by atoms with E-state index < -0.39 is 5.91 Å². The van der Waals surface area contributed by atoms with Gasteiger partial charge in [-0.1, -0.05) is 23.2 Å². The van der Waals surface area contributed by atoms with Crippen molar-refractivity contribution in [2.75, 3.05) is 5.73 Å². The molecule has 0 bridgehead atoms. The third kappa shape index (κ3) is 3.60. The van der Waals surface area contributed by atoms with Crippen molar-refractivity contribution in [3.05, 3.63) is 44.0 Å². The highest BCUT2D eigenvalue weighted by molar-refractivity contribution is 6.45. The number of nitrogens with two attached hydrogens (primary N) is 1. The van der Waals surface area contributed by atoms with E-state index in [0.717, 1.165) is 11.3 Å². The Morgan fingerprint density at radius 1 is 1.30 bits per heavy atom. The van der Waals surface area contributed by atoms with E-state index >= 15 is 0 Å². The minimum Gasteiger partial charge on any atom is -0.466 e. The van der Waals surface area contributed by atoms with Gasteiger partial charge in [0.15, 0.2) is 0 Å². The second-order valence-electron chi connectivity index (χ2n) is 4.82. The number of hydrogen-bond acceptors (Lipinski definition) is 4. The number of anilines is 1. The number of halogens is 3. The summed E-state index contributed by atoms with van der Waals surface area (Å²) >= 11 is 17.7. The molecule has 2 aromatic rings. The van der Waals surface area contributed by atoms with Crippen LogP contribution in [0.15, 0.2) is 15.6 Å². The molecule has 0 atom stereocenters. The molecule has 2 aromatic heterocycles. The van der Waals surface area contributed by atoms with Gasteiger partial charge in [-0.25, -0.2) is 5.43 Å².